The summed E-state index contributed by atoms with van der Waals surface area (Å²) in [6, 6.07) is 9.46. The quantitative estimate of drug-likeness (QED) is 0.576. The highest BCUT2D eigenvalue weighted by Gasteiger charge is 2.41. The summed E-state index contributed by atoms with van der Waals surface area (Å²) >= 11 is 0. The van der Waals surface area contributed by atoms with Crippen LogP contribution in [0.25, 0.3) is 0 Å². The number of fused-ring (bicyclic) bond motifs is 5. The Kier molecular flexibility index (Phi) is 5.76. The average molecular weight is 407 g/mol. The van der Waals surface area contributed by atoms with Crippen LogP contribution < -0.4 is 14.2 Å². The van der Waals surface area contributed by atoms with Crippen molar-refractivity contribution in [2.24, 2.45) is 0 Å². The normalized spacial score (nSPS) is 19.1. The monoisotopic (exact) mass is 406 g/mol. The van der Waals surface area contributed by atoms with Crippen LogP contribution in [0.3, 0.4) is 0 Å². The van der Waals surface area contributed by atoms with Gasteiger partial charge in [0.15, 0.2) is 0 Å². The van der Waals surface area contributed by atoms with E-state index < -0.39 is 0 Å². The zero-order valence-corrected chi connectivity index (χ0v) is 18.2. The number of methoxy groups -OCH3 is 1. The molecule has 158 valence electrons. The second kappa shape index (κ2) is 8.47. The lowest BCUT2D eigenvalue weighted by molar-refractivity contribution is 0.139. The number of phenolic OH excluding ortho intramolecular Hbond substituents is 1. The summed E-state index contributed by atoms with van der Waals surface area (Å²) in [4.78, 5) is 0. The summed E-state index contributed by atoms with van der Waals surface area (Å²) in [5.74, 6) is 2.76. The maximum Gasteiger partial charge on any atom is 0.138 e. The van der Waals surface area contributed by atoms with E-state index in [1.807, 2.05) is 12.1 Å². The number of benzene rings is 2. The molecule has 2 aromatic carbocycles. The third kappa shape index (κ3) is 4.04. The highest BCUT2D eigenvalue weighted by atomic mass is 16.5. The van der Waals surface area contributed by atoms with Crippen molar-refractivity contribution in [1.82, 2.24) is 0 Å². The molecule has 0 amide bonds. The molecule has 30 heavy (non-hydrogen) atoms. The first-order chi connectivity index (χ1) is 14.5. The second-order valence-electron chi connectivity index (χ2n) is 8.45. The van der Waals surface area contributed by atoms with Crippen LogP contribution in [0.15, 0.2) is 53.6 Å². The summed E-state index contributed by atoms with van der Waals surface area (Å²) in [6.07, 6.45) is 7.47. The molecule has 4 nitrogen and oxygen atoms in total. The van der Waals surface area contributed by atoms with Crippen LogP contribution in [0.2, 0.25) is 0 Å². The molecule has 0 radical (unpaired) electrons. The van der Waals surface area contributed by atoms with E-state index in [-0.39, 0.29) is 17.8 Å². The van der Waals surface area contributed by atoms with Crippen molar-refractivity contribution in [3.63, 3.8) is 0 Å². The maximum atomic E-state index is 9.75. The average Bonchev–Trinajstić information content (AvgIpc) is 3.08. The summed E-state index contributed by atoms with van der Waals surface area (Å²) in [7, 11) is 1.71. The van der Waals surface area contributed by atoms with E-state index in [0.29, 0.717) is 12.4 Å². The van der Waals surface area contributed by atoms with E-state index in [9.17, 15) is 5.11 Å². The van der Waals surface area contributed by atoms with Crippen molar-refractivity contribution >= 4 is 0 Å². The molecular weight excluding hydrogens is 376 g/mol. The van der Waals surface area contributed by atoms with E-state index in [2.05, 4.69) is 39.0 Å². The van der Waals surface area contributed by atoms with E-state index in [4.69, 9.17) is 14.2 Å². The summed E-state index contributed by atoms with van der Waals surface area (Å²) in [5, 5.41) is 9.75. The predicted octanol–water partition coefficient (Wildman–Crippen LogP) is 6.25. The van der Waals surface area contributed by atoms with Crippen LogP contribution in [0, 0.1) is 0 Å². The van der Waals surface area contributed by atoms with Crippen LogP contribution in [0.5, 0.6) is 23.0 Å². The number of hydrogen-bond donors (Lipinski definition) is 1. The fraction of sp³-hybridized carbons (Fsp3) is 0.385. The fourth-order valence-electron chi connectivity index (χ4n) is 4.24. The molecule has 2 aliphatic rings. The first-order valence-corrected chi connectivity index (χ1v) is 10.6. The Morgan fingerprint density at radius 2 is 1.93 bits per heavy atom. The lowest BCUT2D eigenvalue weighted by atomic mass is 9.88. The van der Waals surface area contributed by atoms with E-state index in [0.717, 1.165) is 36.3 Å². The van der Waals surface area contributed by atoms with E-state index in [1.54, 1.807) is 19.2 Å². The van der Waals surface area contributed by atoms with Crippen molar-refractivity contribution < 1.29 is 19.3 Å². The van der Waals surface area contributed by atoms with Gasteiger partial charge in [-0.3, -0.25) is 0 Å². The minimum Gasteiger partial charge on any atom is -0.508 e. The number of rotatable bonds is 6. The molecule has 0 aromatic heterocycles. The number of aromatic hydroxyl groups is 1. The first-order valence-electron chi connectivity index (χ1n) is 10.6. The Bertz CT molecular complexity index is 998. The van der Waals surface area contributed by atoms with Gasteiger partial charge in [0.25, 0.3) is 0 Å². The van der Waals surface area contributed by atoms with Gasteiger partial charge in [-0.05, 0) is 63.8 Å². The van der Waals surface area contributed by atoms with Crippen molar-refractivity contribution in [2.45, 2.75) is 52.1 Å². The molecule has 0 bridgehead atoms. The van der Waals surface area contributed by atoms with Gasteiger partial charge in [-0.2, -0.15) is 0 Å². The van der Waals surface area contributed by atoms with Gasteiger partial charge in [-0.1, -0.05) is 23.3 Å². The number of hydrogen-bond acceptors (Lipinski definition) is 4. The van der Waals surface area contributed by atoms with E-state index in [1.165, 1.54) is 22.3 Å². The molecule has 2 aliphatic heterocycles. The summed E-state index contributed by atoms with van der Waals surface area (Å²) < 4.78 is 17.9. The number of phenols is 1. The molecule has 1 N–H and O–H groups in total. The van der Waals surface area contributed by atoms with Crippen molar-refractivity contribution in [3.05, 3.63) is 70.3 Å². The van der Waals surface area contributed by atoms with Gasteiger partial charge < -0.3 is 19.3 Å². The van der Waals surface area contributed by atoms with Crippen LogP contribution in [-0.2, 0) is 6.42 Å². The van der Waals surface area contributed by atoms with Crippen LogP contribution in [0.4, 0.5) is 0 Å². The Morgan fingerprint density at radius 1 is 1.10 bits per heavy atom. The van der Waals surface area contributed by atoms with Crippen molar-refractivity contribution in [2.75, 3.05) is 13.7 Å². The molecule has 4 rings (SSSR count). The molecule has 0 unspecified atom stereocenters. The molecule has 2 atom stereocenters. The molecule has 2 aromatic rings. The third-order valence-corrected chi connectivity index (χ3v) is 5.92. The minimum absolute atomic E-state index is 0.0920. The van der Waals surface area contributed by atoms with Gasteiger partial charge in [0, 0.05) is 23.3 Å². The topological polar surface area (TPSA) is 47.9 Å². The van der Waals surface area contributed by atoms with Gasteiger partial charge in [-0.25, -0.2) is 0 Å². The van der Waals surface area contributed by atoms with Gasteiger partial charge in [0.2, 0.25) is 0 Å². The van der Waals surface area contributed by atoms with Crippen LogP contribution in [-0.4, -0.2) is 18.8 Å². The van der Waals surface area contributed by atoms with Gasteiger partial charge in [0.05, 0.1) is 19.6 Å². The zero-order chi connectivity index (χ0) is 21.3. The summed E-state index contributed by atoms with van der Waals surface area (Å²) in [6.45, 7) is 7.01. The smallest absolute Gasteiger partial charge is 0.138 e. The molecule has 0 spiro atoms. The second-order valence-corrected chi connectivity index (χ2v) is 8.45. The van der Waals surface area contributed by atoms with Crippen LogP contribution >= 0.6 is 0 Å². The Morgan fingerprint density at radius 3 is 2.70 bits per heavy atom. The Hall–Kier alpha value is -2.88. The van der Waals surface area contributed by atoms with Crippen LogP contribution in [0.1, 0.15) is 62.3 Å². The van der Waals surface area contributed by atoms with Gasteiger partial charge in [-0.15, -0.1) is 0 Å². The Labute approximate surface area is 178 Å². The molecule has 0 aliphatic carbocycles. The standard InChI is InChI=1S/C26H30O4/c1-16(2)6-5-7-17(3)8-9-18-12-21-22-15-29-24-13-19(27)10-11-20(24)26(22)30-25(21)14-23(18)28-4/h6,8,10-14,22,26-27H,5,7,9,15H2,1-4H3/t22-,26-/m0/s1. The summed E-state index contributed by atoms with van der Waals surface area (Å²) in [5.41, 5.74) is 6.07. The molecule has 4 heteroatoms. The lowest BCUT2D eigenvalue weighted by Crippen LogP contribution is -2.23. The minimum atomic E-state index is -0.0920. The lowest BCUT2D eigenvalue weighted by Gasteiger charge is -2.27. The molecule has 0 saturated heterocycles. The SMILES string of the molecule is COc1cc2c(cc1CC=C(C)CCC=C(C)C)[C@@H]1COc3cc(O)ccc3[C@@H]1O2. The van der Waals surface area contributed by atoms with E-state index >= 15 is 0 Å². The number of ether oxygens (including phenoxy) is 3. The molecule has 0 saturated carbocycles. The van der Waals surface area contributed by atoms with Crippen molar-refractivity contribution in [1.29, 1.82) is 0 Å². The maximum absolute atomic E-state index is 9.75. The first kappa shape index (κ1) is 20.4. The predicted molar refractivity (Wildman–Crippen MR) is 119 cm³/mol. The molecular formula is C26H30O4. The van der Waals surface area contributed by atoms with Gasteiger partial charge in [0.1, 0.15) is 29.1 Å². The molecule has 0 fully saturated rings. The van der Waals surface area contributed by atoms with Gasteiger partial charge >= 0.3 is 0 Å². The zero-order valence-electron chi connectivity index (χ0n) is 18.2. The van der Waals surface area contributed by atoms with Crippen molar-refractivity contribution in [3.8, 4) is 23.0 Å². The largest absolute Gasteiger partial charge is 0.508 e. The number of allylic oxidation sites excluding steroid dienone is 4. The highest BCUT2D eigenvalue weighted by molar-refractivity contribution is 5.55. The highest BCUT2D eigenvalue weighted by Crippen LogP contribution is 2.52. The molecule has 2 heterocycles. The third-order valence-electron chi connectivity index (χ3n) is 5.92. The Balaban J connectivity index is 1.57. The fourth-order valence-corrected chi connectivity index (χ4v) is 4.24.